The summed E-state index contributed by atoms with van der Waals surface area (Å²) in [6.45, 7) is 1.28. The molecule has 10 nitrogen and oxygen atoms in total. The zero-order valence-corrected chi connectivity index (χ0v) is 24.7. The second-order valence-electron chi connectivity index (χ2n) is 10.9. The maximum Gasteiger partial charge on any atom is 0.274 e. The number of rotatable bonds is 5. The Balaban J connectivity index is 1.25. The van der Waals surface area contributed by atoms with E-state index in [0.717, 1.165) is 0 Å². The topological polar surface area (TPSA) is 119 Å². The molecule has 1 saturated heterocycles. The molecular formula is C34H27F2N7O3. The highest BCUT2D eigenvalue weighted by Gasteiger charge is 2.28. The number of imidazole rings is 1. The van der Waals surface area contributed by atoms with Gasteiger partial charge in [-0.05, 0) is 54.6 Å². The Morgan fingerprint density at radius 3 is 2.30 bits per heavy atom. The summed E-state index contributed by atoms with van der Waals surface area (Å²) >= 11 is 0. The van der Waals surface area contributed by atoms with E-state index < -0.39 is 11.6 Å². The summed E-state index contributed by atoms with van der Waals surface area (Å²) < 4.78 is 36.5. The lowest BCUT2D eigenvalue weighted by atomic mass is 10.0. The Hall–Kier alpha value is -5.91. The van der Waals surface area contributed by atoms with Crippen LogP contribution in [-0.2, 0) is 0 Å². The van der Waals surface area contributed by atoms with Crippen LogP contribution in [0.3, 0.4) is 0 Å². The van der Waals surface area contributed by atoms with Crippen molar-refractivity contribution in [1.82, 2.24) is 29.2 Å². The third-order valence-electron chi connectivity index (χ3n) is 8.07. The van der Waals surface area contributed by atoms with Gasteiger partial charge in [0.1, 0.15) is 28.6 Å². The number of nitrogens with two attached hydrogens (primary N) is 1. The Bertz CT molecular complexity index is 2140. The first-order valence-corrected chi connectivity index (χ1v) is 14.5. The van der Waals surface area contributed by atoms with Gasteiger partial charge in [0.2, 0.25) is 0 Å². The third kappa shape index (κ3) is 5.13. The van der Waals surface area contributed by atoms with Gasteiger partial charge in [-0.1, -0.05) is 18.2 Å². The number of carbonyl (C=O) groups is 2. The number of nitrogen functional groups attached to an aromatic ring is 1. The molecule has 0 spiro atoms. The number of piperazine rings is 1. The van der Waals surface area contributed by atoms with Gasteiger partial charge in [0, 0.05) is 60.6 Å². The van der Waals surface area contributed by atoms with E-state index in [1.54, 1.807) is 75.9 Å². The van der Waals surface area contributed by atoms with Crippen molar-refractivity contribution in [3.63, 3.8) is 0 Å². The van der Waals surface area contributed by atoms with Crippen molar-refractivity contribution in [2.24, 2.45) is 0 Å². The lowest BCUT2D eigenvalue weighted by Crippen LogP contribution is -2.50. The molecule has 1 fully saturated rings. The van der Waals surface area contributed by atoms with Crippen LogP contribution in [0.15, 0.2) is 85.2 Å². The quantitative estimate of drug-likeness (QED) is 0.286. The molecule has 0 unspecified atom stereocenters. The van der Waals surface area contributed by atoms with E-state index >= 15 is 4.39 Å². The number of pyridine rings is 1. The van der Waals surface area contributed by atoms with E-state index in [2.05, 4.69) is 15.0 Å². The number of ether oxygens (including phenoxy) is 1. The maximum atomic E-state index is 15.3. The fourth-order valence-corrected chi connectivity index (χ4v) is 5.76. The molecule has 0 aliphatic carbocycles. The minimum Gasteiger partial charge on any atom is -0.497 e. The molecule has 0 radical (unpaired) electrons. The number of methoxy groups -OCH3 is 1. The summed E-state index contributed by atoms with van der Waals surface area (Å²) in [5, 5.41) is 0.547. The molecule has 3 aromatic carbocycles. The molecule has 0 saturated carbocycles. The molecule has 4 heterocycles. The van der Waals surface area contributed by atoms with Gasteiger partial charge < -0.3 is 20.3 Å². The standard InChI is InChI=1S/C34H27F2N7O3/c1-46-25-9-7-20(8-10-25)33(44)41-12-14-42(15-13-41)34(45)27-19-43-30(23-16-21-5-3-11-38-28(21)26(36)18-23)29(40-31(37)32(43)39-27)22-4-2-6-24(35)17-22/h2-11,16-19H,12-15H2,1H3,(H2,37,40). The van der Waals surface area contributed by atoms with Crippen molar-refractivity contribution >= 4 is 34.2 Å². The van der Waals surface area contributed by atoms with Crippen LogP contribution in [0, 0.1) is 11.6 Å². The smallest absolute Gasteiger partial charge is 0.274 e. The number of hydrogen-bond acceptors (Lipinski definition) is 7. The van der Waals surface area contributed by atoms with E-state index in [9.17, 15) is 14.0 Å². The number of benzene rings is 3. The zero-order valence-electron chi connectivity index (χ0n) is 24.7. The predicted octanol–water partition coefficient (Wildman–Crippen LogP) is 5.08. The van der Waals surface area contributed by atoms with Gasteiger partial charge in [-0.2, -0.15) is 0 Å². The van der Waals surface area contributed by atoms with Gasteiger partial charge in [0.15, 0.2) is 11.5 Å². The molecule has 46 heavy (non-hydrogen) atoms. The lowest BCUT2D eigenvalue weighted by molar-refractivity contribution is 0.0532. The van der Waals surface area contributed by atoms with Crippen molar-refractivity contribution in [3.05, 3.63) is 108 Å². The van der Waals surface area contributed by atoms with Gasteiger partial charge in [0.05, 0.1) is 18.5 Å². The fourth-order valence-electron chi connectivity index (χ4n) is 5.76. The molecule has 3 aromatic heterocycles. The average molecular weight is 620 g/mol. The first-order valence-electron chi connectivity index (χ1n) is 14.5. The minimum atomic E-state index is -0.554. The number of halogens is 2. The third-order valence-corrected chi connectivity index (χ3v) is 8.07. The number of hydrogen-bond donors (Lipinski definition) is 1. The van der Waals surface area contributed by atoms with Gasteiger partial charge in [-0.25, -0.2) is 18.7 Å². The molecular weight excluding hydrogens is 592 g/mol. The van der Waals surface area contributed by atoms with Crippen molar-refractivity contribution in [3.8, 4) is 28.3 Å². The molecule has 0 atom stereocenters. The molecule has 12 heteroatoms. The number of fused-ring (bicyclic) bond motifs is 2. The second kappa shape index (κ2) is 11.5. The first-order chi connectivity index (χ1) is 22.3. The van der Waals surface area contributed by atoms with E-state index in [1.807, 2.05) is 0 Å². The summed E-state index contributed by atoms with van der Waals surface area (Å²) in [6, 6.07) is 19.2. The lowest BCUT2D eigenvalue weighted by Gasteiger charge is -2.34. The van der Waals surface area contributed by atoms with Crippen LogP contribution in [0.5, 0.6) is 5.75 Å². The Kier molecular flexibility index (Phi) is 7.24. The number of anilines is 1. The van der Waals surface area contributed by atoms with Crippen molar-refractivity contribution in [2.75, 3.05) is 39.0 Å². The molecule has 6 aromatic rings. The highest BCUT2D eigenvalue weighted by Crippen LogP contribution is 2.36. The molecule has 1 aliphatic rings. The van der Waals surface area contributed by atoms with Crippen LogP contribution in [0.1, 0.15) is 20.8 Å². The SMILES string of the molecule is COc1ccc(C(=O)N2CCN(C(=O)c3cn4c(-c5cc(F)c6ncccc6c5)c(-c5cccc(F)c5)nc(N)c4n3)CC2)cc1. The van der Waals surface area contributed by atoms with E-state index in [1.165, 1.54) is 30.6 Å². The number of amides is 2. The molecule has 230 valence electrons. The number of aromatic nitrogens is 4. The molecule has 0 bridgehead atoms. The average Bonchev–Trinajstić information content (AvgIpc) is 3.54. The highest BCUT2D eigenvalue weighted by atomic mass is 19.1. The van der Waals surface area contributed by atoms with E-state index in [4.69, 9.17) is 10.5 Å². The van der Waals surface area contributed by atoms with Crippen LogP contribution in [0.4, 0.5) is 14.6 Å². The molecule has 2 N–H and O–H groups in total. The maximum absolute atomic E-state index is 15.3. The van der Waals surface area contributed by atoms with Crippen LogP contribution >= 0.6 is 0 Å². The van der Waals surface area contributed by atoms with Crippen molar-refractivity contribution in [1.29, 1.82) is 0 Å². The summed E-state index contributed by atoms with van der Waals surface area (Å²) in [4.78, 5) is 43.3. The van der Waals surface area contributed by atoms with Crippen molar-refractivity contribution in [2.45, 2.75) is 0 Å². The van der Waals surface area contributed by atoms with E-state index in [-0.39, 0.29) is 40.2 Å². The van der Waals surface area contributed by atoms with Crippen LogP contribution in [0.25, 0.3) is 39.1 Å². The zero-order chi connectivity index (χ0) is 31.9. The predicted molar refractivity (Wildman–Crippen MR) is 168 cm³/mol. The Labute approximate surface area is 261 Å². The normalized spacial score (nSPS) is 13.4. The van der Waals surface area contributed by atoms with Gasteiger partial charge >= 0.3 is 0 Å². The van der Waals surface area contributed by atoms with Crippen LogP contribution < -0.4 is 10.5 Å². The Morgan fingerprint density at radius 2 is 1.59 bits per heavy atom. The summed E-state index contributed by atoms with van der Waals surface area (Å²) in [7, 11) is 1.56. The molecule has 2 amide bonds. The monoisotopic (exact) mass is 619 g/mol. The van der Waals surface area contributed by atoms with Gasteiger partial charge in [0.25, 0.3) is 11.8 Å². The molecule has 1 aliphatic heterocycles. The van der Waals surface area contributed by atoms with E-state index in [0.29, 0.717) is 59.7 Å². The van der Waals surface area contributed by atoms with Gasteiger partial charge in [-0.15, -0.1) is 0 Å². The summed E-state index contributed by atoms with van der Waals surface area (Å²) in [5.74, 6) is -0.852. The second-order valence-corrected chi connectivity index (χ2v) is 10.9. The number of carbonyl (C=O) groups excluding carboxylic acids is 2. The number of nitrogens with zero attached hydrogens (tertiary/aromatic N) is 6. The Morgan fingerprint density at radius 1 is 0.848 bits per heavy atom. The van der Waals surface area contributed by atoms with Crippen LogP contribution in [0.2, 0.25) is 0 Å². The van der Waals surface area contributed by atoms with Crippen LogP contribution in [-0.4, -0.2) is 74.3 Å². The largest absolute Gasteiger partial charge is 0.497 e. The minimum absolute atomic E-state index is 0.0138. The highest BCUT2D eigenvalue weighted by molar-refractivity contribution is 5.96. The molecule has 7 rings (SSSR count). The van der Waals surface area contributed by atoms with Gasteiger partial charge in [-0.3, -0.25) is 19.0 Å². The first kappa shape index (κ1) is 28.8. The fraction of sp³-hybridized carbons (Fsp3) is 0.147. The summed E-state index contributed by atoms with van der Waals surface area (Å²) in [5.41, 5.74) is 8.88. The van der Waals surface area contributed by atoms with Crippen molar-refractivity contribution < 1.29 is 23.1 Å². The summed E-state index contributed by atoms with van der Waals surface area (Å²) in [6.07, 6.45) is 3.04.